The zero-order chi connectivity index (χ0) is 33.0. The Balaban J connectivity index is 0.000000610. The first-order chi connectivity index (χ1) is 21.3. The molecule has 0 radical (unpaired) electrons. The molecule has 0 saturated carbocycles. The predicted molar refractivity (Wildman–Crippen MR) is 159 cm³/mol. The summed E-state index contributed by atoms with van der Waals surface area (Å²) >= 11 is 0. The molecular formula is C30H34F3N5O7. The van der Waals surface area contributed by atoms with Gasteiger partial charge in [-0.15, -0.1) is 0 Å². The van der Waals surface area contributed by atoms with Crippen LogP contribution in [0.1, 0.15) is 17.5 Å². The topological polar surface area (TPSA) is 147 Å². The van der Waals surface area contributed by atoms with E-state index < -0.39 is 24.7 Å². The number of carboxylic acid groups (broad SMARTS) is 2. The van der Waals surface area contributed by atoms with Crippen LogP contribution in [0.25, 0.3) is 0 Å². The van der Waals surface area contributed by atoms with E-state index >= 15 is 0 Å². The standard InChI is InChI=1S/C26H30F3N5O3.C4H4O4/c1-20-17-33(18-21-7-9-30-10-8-21)25(36)34(24(20)35)12-4-11-31-13-15-32(16-14-31)22-5-2-3-6-23(22)37-19-26(27,28)29;5-3(6)1-2-4(7)8/h2-3,5-10,17H,4,11-16,18-19H2,1H3;1-2H,(H,5,6)(H,7,8). The number of aromatic nitrogens is 3. The molecule has 0 amide bonds. The number of alkyl halides is 3. The van der Waals surface area contributed by atoms with Gasteiger partial charge in [-0.1, -0.05) is 12.1 Å². The van der Waals surface area contributed by atoms with Gasteiger partial charge in [0.2, 0.25) is 0 Å². The molecule has 0 bridgehead atoms. The lowest BCUT2D eigenvalue weighted by molar-refractivity contribution is -0.153. The van der Waals surface area contributed by atoms with Crippen LogP contribution < -0.4 is 20.9 Å². The SMILES string of the molecule is Cc1cn(Cc2ccncc2)c(=O)n(CCCN2CCN(c3ccccc3OCC(F)(F)F)CC2)c1=O.O=C(O)C=CC(=O)O. The molecule has 1 aromatic carbocycles. The van der Waals surface area contributed by atoms with E-state index in [1.54, 1.807) is 54.3 Å². The number of carbonyl (C=O) groups is 2. The van der Waals surface area contributed by atoms with Crippen molar-refractivity contribution in [1.82, 2.24) is 19.0 Å². The monoisotopic (exact) mass is 633 g/mol. The average Bonchev–Trinajstić information content (AvgIpc) is 3.00. The number of anilines is 1. The molecule has 0 unspecified atom stereocenters. The summed E-state index contributed by atoms with van der Waals surface area (Å²) in [4.78, 5) is 53.0. The van der Waals surface area contributed by atoms with Gasteiger partial charge in [-0.3, -0.25) is 23.8 Å². The van der Waals surface area contributed by atoms with Crippen molar-refractivity contribution in [3.8, 4) is 5.75 Å². The zero-order valence-electron chi connectivity index (χ0n) is 24.5. The van der Waals surface area contributed by atoms with Gasteiger partial charge in [-0.25, -0.2) is 14.4 Å². The number of aryl methyl sites for hydroxylation is 1. The Morgan fingerprint density at radius 1 is 0.956 bits per heavy atom. The molecule has 1 aliphatic rings. The Hall–Kier alpha value is -4.92. The second-order valence-electron chi connectivity index (χ2n) is 10.1. The van der Waals surface area contributed by atoms with Crippen LogP contribution in [-0.2, 0) is 22.7 Å². The van der Waals surface area contributed by atoms with E-state index in [0.717, 1.165) is 5.56 Å². The number of pyridine rings is 1. The number of piperazine rings is 1. The van der Waals surface area contributed by atoms with Crippen molar-refractivity contribution in [2.24, 2.45) is 0 Å². The number of rotatable bonds is 11. The number of ether oxygens (including phenoxy) is 1. The molecule has 1 fully saturated rings. The lowest BCUT2D eigenvalue weighted by atomic mass is 10.2. The number of aliphatic carboxylic acids is 2. The minimum atomic E-state index is -4.40. The molecule has 1 aliphatic heterocycles. The van der Waals surface area contributed by atoms with Crippen LogP contribution in [0, 0.1) is 6.92 Å². The Labute approximate surface area is 256 Å². The van der Waals surface area contributed by atoms with Crippen molar-refractivity contribution in [3.63, 3.8) is 0 Å². The summed E-state index contributed by atoms with van der Waals surface area (Å²) in [5.41, 5.74) is 1.45. The maximum Gasteiger partial charge on any atom is 0.422 e. The molecule has 45 heavy (non-hydrogen) atoms. The normalized spacial score (nSPS) is 13.7. The van der Waals surface area contributed by atoms with Crippen LogP contribution in [0.3, 0.4) is 0 Å². The summed E-state index contributed by atoms with van der Waals surface area (Å²) in [6.07, 6.45) is 2.27. The maximum absolute atomic E-state index is 13.0. The molecule has 2 aromatic heterocycles. The fraction of sp³-hybridized carbons (Fsp3) is 0.367. The molecule has 12 nitrogen and oxygen atoms in total. The van der Waals surface area contributed by atoms with Gasteiger partial charge in [0.25, 0.3) is 5.56 Å². The highest BCUT2D eigenvalue weighted by atomic mass is 19.4. The third-order valence-electron chi connectivity index (χ3n) is 6.70. The highest BCUT2D eigenvalue weighted by Gasteiger charge is 2.29. The van der Waals surface area contributed by atoms with Gasteiger partial charge in [0, 0.05) is 69.0 Å². The number of halogens is 3. The summed E-state index contributed by atoms with van der Waals surface area (Å²) in [5, 5.41) is 15.6. The molecular weight excluding hydrogens is 599 g/mol. The number of carboxylic acids is 2. The van der Waals surface area contributed by atoms with E-state index in [1.807, 2.05) is 17.0 Å². The van der Waals surface area contributed by atoms with Crippen LogP contribution in [0.4, 0.5) is 18.9 Å². The molecule has 0 aliphatic carbocycles. The number of hydrogen-bond donors (Lipinski definition) is 2. The molecule has 15 heteroatoms. The summed E-state index contributed by atoms with van der Waals surface area (Å²) in [6, 6.07) is 10.4. The molecule has 3 aromatic rings. The number of para-hydroxylation sites is 2. The van der Waals surface area contributed by atoms with Gasteiger partial charge in [-0.2, -0.15) is 13.2 Å². The first kappa shape index (κ1) is 34.6. The summed E-state index contributed by atoms with van der Waals surface area (Å²) in [6.45, 7) is 4.44. The Morgan fingerprint density at radius 2 is 1.58 bits per heavy atom. The molecule has 3 heterocycles. The van der Waals surface area contributed by atoms with E-state index in [1.165, 1.54) is 4.57 Å². The van der Waals surface area contributed by atoms with Gasteiger partial charge in [0.15, 0.2) is 6.61 Å². The third kappa shape index (κ3) is 11.3. The minimum Gasteiger partial charge on any atom is -0.482 e. The smallest absolute Gasteiger partial charge is 0.422 e. The lowest BCUT2D eigenvalue weighted by Crippen LogP contribution is -2.47. The van der Waals surface area contributed by atoms with E-state index in [9.17, 15) is 32.3 Å². The van der Waals surface area contributed by atoms with Crippen molar-refractivity contribution in [2.45, 2.75) is 32.6 Å². The van der Waals surface area contributed by atoms with Crippen molar-refractivity contribution in [3.05, 3.63) is 99.1 Å². The second kappa shape index (κ2) is 16.2. The fourth-order valence-corrected chi connectivity index (χ4v) is 4.60. The Kier molecular flexibility index (Phi) is 12.5. The number of nitrogens with zero attached hydrogens (tertiary/aromatic N) is 5. The van der Waals surface area contributed by atoms with E-state index in [0.29, 0.717) is 75.6 Å². The first-order valence-corrected chi connectivity index (χ1v) is 13.9. The van der Waals surface area contributed by atoms with Gasteiger partial charge >= 0.3 is 23.8 Å². The van der Waals surface area contributed by atoms with Gasteiger partial charge < -0.3 is 19.8 Å². The summed E-state index contributed by atoms with van der Waals surface area (Å²) < 4.78 is 45.7. The van der Waals surface area contributed by atoms with Crippen LogP contribution in [0.2, 0.25) is 0 Å². The van der Waals surface area contributed by atoms with Gasteiger partial charge in [-0.05, 0) is 49.7 Å². The highest BCUT2D eigenvalue weighted by Crippen LogP contribution is 2.30. The number of hydrogen-bond acceptors (Lipinski definition) is 8. The van der Waals surface area contributed by atoms with Crippen LogP contribution in [0.5, 0.6) is 5.75 Å². The van der Waals surface area contributed by atoms with E-state index in [-0.39, 0.29) is 17.0 Å². The molecule has 4 rings (SSSR count). The van der Waals surface area contributed by atoms with Crippen LogP contribution >= 0.6 is 0 Å². The van der Waals surface area contributed by atoms with E-state index in [4.69, 9.17) is 14.9 Å². The summed E-state index contributed by atoms with van der Waals surface area (Å²) in [7, 11) is 0. The van der Waals surface area contributed by atoms with Crippen molar-refractivity contribution in [2.75, 3.05) is 44.2 Å². The largest absolute Gasteiger partial charge is 0.482 e. The van der Waals surface area contributed by atoms with Crippen molar-refractivity contribution in [1.29, 1.82) is 0 Å². The Morgan fingerprint density at radius 3 is 2.18 bits per heavy atom. The average molecular weight is 634 g/mol. The van der Waals surface area contributed by atoms with Crippen LogP contribution in [0.15, 0.2) is 76.7 Å². The quantitative estimate of drug-likeness (QED) is 0.302. The fourth-order valence-electron chi connectivity index (χ4n) is 4.60. The predicted octanol–water partition coefficient (Wildman–Crippen LogP) is 2.63. The minimum absolute atomic E-state index is 0.218. The Bertz CT molecular complexity index is 1570. The van der Waals surface area contributed by atoms with Crippen LogP contribution in [-0.4, -0.2) is 86.7 Å². The molecule has 2 N–H and O–H groups in total. The second-order valence-corrected chi connectivity index (χ2v) is 10.1. The third-order valence-corrected chi connectivity index (χ3v) is 6.70. The van der Waals surface area contributed by atoms with Gasteiger partial charge in [0.05, 0.1) is 12.2 Å². The molecule has 242 valence electrons. The molecule has 0 spiro atoms. The zero-order valence-corrected chi connectivity index (χ0v) is 24.5. The maximum atomic E-state index is 13.0. The molecule has 0 atom stereocenters. The number of benzene rings is 1. The highest BCUT2D eigenvalue weighted by molar-refractivity contribution is 5.89. The van der Waals surface area contributed by atoms with E-state index in [2.05, 4.69) is 9.88 Å². The van der Waals surface area contributed by atoms with Gasteiger partial charge in [0.1, 0.15) is 5.75 Å². The van der Waals surface area contributed by atoms with Crippen molar-refractivity contribution >= 4 is 17.6 Å². The lowest BCUT2D eigenvalue weighted by Gasteiger charge is -2.36. The molecule has 1 saturated heterocycles. The first-order valence-electron chi connectivity index (χ1n) is 13.9. The summed E-state index contributed by atoms with van der Waals surface area (Å²) in [5.74, 6) is -2.30. The van der Waals surface area contributed by atoms with Crippen molar-refractivity contribution < 1.29 is 37.7 Å².